The molecule has 0 radical (unpaired) electrons. The lowest BCUT2D eigenvalue weighted by Gasteiger charge is -2.13. The predicted octanol–water partition coefficient (Wildman–Crippen LogP) is 3.05. The molecule has 0 amide bonds. The van der Waals surface area contributed by atoms with Crippen molar-refractivity contribution in [2.45, 2.75) is 31.6 Å². The number of carboxylic acid groups (broad SMARTS) is 1. The number of pyridine rings is 1. The van der Waals surface area contributed by atoms with E-state index in [-0.39, 0.29) is 11.8 Å². The summed E-state index contributed by atoms with van der Waals surface area (Å²) in [6, 6.07) is 8.28. The molecule has 0 bridgehead atoms. The second-order valence-corrected chi connectivity index (χ2v) is 5.24. The maximum Gasteiger partial charge on any atom is 0.304 e. The lowest BCUT2D eigenvalue weighted by Crippen LogP contribution is -2.12. The van der Waals surface area contributed by atoms with Gasteiger partial charge in [-0.05, 0) is 42.8 Å². The fourth-order valence-corrected chi connectivity index (χ4v) is 2.59. The van der Waals surface area contributed by atoms with Crippen molar-refractivity contribution in [1.29, 1.82) is 0 Å². The molecule has 1 saturated carbocycles. The Labute approximate surface area is 105 Å². The van der Waals surface area contributed by atoms with Crippen molar-refractivity contribution in [3.8, 4) is 0 Å². The third kappa shape index (κ3) is 1.86. The number of hydrogen-bond donors (Lipinski definition) is 1. The molecule has 1 N–H and O–H groups in total. The van der Waals surface area contributed by atoms with Crippen LogP contribution in [0.15, 0.2) is 30.5 Å². The highest BCUT2D eigenvalue weighted by Crippen LogP contribution is 2.51. The third-order valence-corrected chi connectivity index (χ3v) is 3.81. The zero-order valence-corrected chi connectivity index (χ0v) is 10.3. The summed E-state index contributed by atoms with van der Waals surface area (Å²) in [5.74, 6) is -0.713. The number of benzene rings is 1. The molecule has 92 valence electrons. The lowest BCUT2D eigenvalue weighted by atomic mass is 9.91. The molecule has 0 spiro atoms. The van der Waals surface area contributed by atoms with E-state index in [9.17, 15) is 4.79 Å². The van der Waals surface area contributed by atoms with E-state index in [0.29, 0.717) is 0 Å². The van der Waals surface area contributed by atoms with Gasteiger partial charge in [0.2, 0.25) is 0 Å². The summed E-state index contributed by atoms with van der Waals surface area (Å²) in [5.41, 5.74) is 2.02. The van der Waals surface area contributed by atoms with E-state index < -0.39 is 5.97 Å². The smallest absolute Gasteiger partial charge is 0.304 e. The monoisotopic (exact) mass is 241 g/mol. The van der Waals surface area contributed by atoms with Crippen molar-refractivity contribution in [2.24, 2.45) is 0 Å². The number of aliphatic carboxylic acids is 1. The molecule has 0 unspecified atom stereocenters. The molecule has 0 saturated heterocycles. The molecule has 3 heteroatoms. The Bertz CT molecular complexity index is 629. The second kappa shape index (κ2) is 3.80. The highest BCUT2D eigenvalue weighted by Gasteiger charge is 2.45. The minimum absolute atomic E-state index is 0.120. The average molecular weight is 241 g/mol. The van der Waals surface area contributed by atoms with Gasteiger partial charge in [-0.3, -0.25) is 9.78 Å². The van der Waals surface area contributed by atoms with Crippen LogP contribution < -0.4 is 0 Å². The molecule has 18 heavy (non-hydrogen) atoms. The van der Waals surface area contributed by atoms with Crippen LogP contribution in [0.4, 0.5) is 0 Å². The van der Waals surface area contributed by atoms with Crippen LogP contribution >= 0.6 is 0 Å². The van der Waals surface area contributed by atoms with Crippen LogP contribution in [0.3, 0.4) is 0 Å². The Morgan fingerprint density at radius 3 is 2.78 bits per heavy atom. The van der Waals surface area contributed by atoms with Crippen molar-refractivity contribution in [2.75, 3.05) is 0 Å². The van der Waals surface area contributed by atoms with Gasteiger partial charge in [0.25, 0.3) is 0 Å². The fraction of sp³-hybridized carbons (Fsp3) is 0.333. The van der Waals surface area contributed by atoms with Gasteiger partial charge in [0.15, 0.2) is 0 Å². The minimum atomic E-state index is -0.713. The molecule has 1 aromatic heterocycles. The van der Waals surface area contributed by atoms with Gasteiger partial charge in [0.1, 0.15) is 0 Å². The van der Waals surface area contributed by atoms with Gasteiger partial charge in [0.05, 0.1) is 6.42 Å². The van der Waals surface area contributed by atoms with Gasteiger partial charge in [-0.15, -0.1) is 0 Å². The van der Waals surface area contributed by atoms with Crippen molar-refractivity contribution in [1.82, 2.24) is 4.98 Å². The summed E-state index contributed by atoms with van der Waals surface area (Å²) in [6.07, 6.45) is 4.05. The molecular formula is C15H15NO2. The third-order valence-electron chi connectivity index (χ3n) is 3.81. The van der Waals surface area contributed by atoms with Crippen LogP contribution in [-0.4, -0.2) is 16.1 Å². The number of carbonyl (C=O) groups is 1. The van der Waals surface area contributed by atoms with Gasteiger partial charge in [0, 0.05) is 22.7 Å². The van der Waals surface area contributed by atoms with Crippen molar-refractivity contribution < 1.29 is 9.90 Å². The lowest BCUT2D eigenvalue weighted by molar-refractivity contribution is -0.137. The van der Waals surface area contributed by atoms with Gasteiger partial charge < -0.3 is 5.11 Å². The Morgan fingerprint density at radius 1 is 1.33 bits per heavy atom. The van der Waals surface area contributed by atoms with Crippen LogP contribution in [0.5, 0.6) is 0 Å². The first-order valence-electron chi connectivity index (χ1n) is 6.18. The highest BCUT2D eigenvalue weighted by molar-refractivity contribution is 5.83. The first-order chi connectivity index (χ1) is 8.59. The largest absolute Gasteiger partial charge is 0.481 e. The molecule has 3 rings (SSSR count). The minimum Gasteiger partial charge on any atom is -0.481 e. The van der Waals surface area contributed by atoms with E-state index in [4.69, 9.17) is 5.11 Å². The fourth-order valence-electron chi connectivity index (χ4n) is 2.59. The zero-order valence-electron chi connectivity index (χ0n) is 10.3. The van der Waals surface area contributed by atoms with E-state index in [0.717, 1.165) is 34.9 Å². The SMILES string of the molecule is Cc1cc2ccc(C3(CC(=O)O)CC3)cc2cn1. The number of hydrogen-bond acceptors (Lipinski definition) is 2. The Morgan fingerprint density at radius 2 is 2.11 bits per heavy atom. The molecule has 1 aliphatic carbocycles. The molecule has 1 aromatic carbocycles. The van der Waals surface area contributed by atoms with E-state index in [1.807, 2.05) is 13.1 Å². The predicted molar refractivity (Wildman–Crippen MR) is 69.6 cm³/mol. The molecule has 1 fully saturated rings. The van der Waals surface area contributed by atoms with Gasteiger partial charge in [-0.25, -0.2) is 0 Å². The van der Waals surface area contributed by atoms with Crippen LogP contribution in [0, 0.1) is 6.92 Å². The summed E-state index contributed by atoms with van der Waals surface area (Å²) in [7, 11) is 0. The summed E-state index contributed by atoms with van der Waals surface area (Å²) in [5, 5.41) is 11.2. The Balaban J connectivity index is 2.04. The number of aryl methyl sites for hydroxylation is 1. The van der Waals surface area contributed by atoms with Crippen LogP contribution in [0.1, 0.15) is 30.5 Å². The normalized spacial score (nSPS) is 16.7. The molecular weight excluding hydrogens is 226 g/mol. The molecule has 2 aromatic rings. The van der Waals surface area contributed by atoms with Gasteiger partial charge >= 0.3 is 5.97 Å². The van der Waals surface area contributed by atoms with Crippen molar-refractivity contribution in [3.05, 3.63) is 41.7 Å². The second-order valence-electron chi connectivity index (χ2n) is 5.24. The first kappa shape index (κ1) is 11.2. The van der Waals surface area contributed by atoms with Gasteiger partial charge in [-0.2, -0.15) is 0 Å². The van der Waals surface area contributed by atoms with Crippen LogP contribution in [0.2, 0.25) is 0 Å². The van der Waals surface area contributed by atoms with Crippen LogP contribution in [-0.2, 0) is 10.2 Å². The number of nitrogens with zero attached hydrogens (tertiary/aromatic N) is 1. The molecule has 1 heterocycles. The van der Waals surface area contributed by atoms with E-state index in [1.165, 1.54) is 0 Å². The average Bonchev–Trinajstić information content (AvgIpc) is 3.08. The Kier molecular flexibility index (Phi) is 2.37. The summed E-state index contributed by atoms with van der Waals surface area (Å²) < 4.78 is 0. The molecule has 0 atom stereocenters. The van der Waals surface area contributed by atoms with Crippen LogP contribution in [0.25, 0.3) is 10.8 Å². The molecule has 0 aliphatic heterocycles. The zero-order chi connectivity index (χ0) is 12.8. The quantitative estimate of drug-likeness (QED) is 0.898. The number of fused-ring (bicyclic) bond motifs is 1. The van der Waals surface area contributed by atoms with Crippen molar-refractivity contribution in [3.63, 3.8) is 0 Å². The molecule has 1 aliphatic rings. The number of carboxylic acids is 1. The summed E-state index contributed by atoms with van der Waals surface area (Å²) >= 11 is 0. The number of rotatable bonds is 3. The summed E-state index contributed by atoms with van der Waals surface area (Å²) in [6.45, 7) is 1.97. The summed E-state index contributed by atoms with van der Waals surface area (Å²) in [4.78, 5) is 15.2. The Hall–Kier alpha value is -1.90. The standard InChI is InChI=1S/C15H15NO2/c1-10-6-11-2-3-13(7-12(11)9-16-10)15(4-5-15)8-14(17)18/h2-3,6-7,9H,4-5,8H2,1H3,(H,17,18). The van der Waals surface area contributed by atoms with Gasteiger partial charge in [-0.1, -0.05) is 12.1 Å². The maximum absolute atomic E-state index is 10.9. The first-order valence-corrected chi connectivity index (χ1v) is 6.18. The number of aromatic nitrogens is 1. The maximum atomic E-state index is 10.9. The topological polar surface area (TPSA) is 50.2 Å². The van der Waals surface area contributed by atoms with Crippen molar-refractivity contribution >= 4 is 16.7 Å². The van der Waals surface area contributed by atoms with E-state index >= 15 is 0 Å². The highest BCUT2D eigenvalue weighted by atomic mass is 16.4. The van der Waals surface area contributed by atoms with E-state index in [1.54, 1.807) is 0 Å². The van der Waals surface area contributed by atoms with E-state index in [2.05, 4.69) is 29.2 Å². The molecule has 3 nitrogen and oxygen atoms in total.